The smallest absolute Gasteiger partial charge is 0.0247 e. The van der Waals surface area contributed by atoms with Crippen LogP contribution in [0.5, 0.6) is 0 Å². The highest BCUT2D eigenvalue weighted by Gasteiger charge is 2.31. The van der Waals surface area contributed by atoms with Crippen LogP contribution in [0.15, 0.2) is 0 Å². The molecule has 0 aromatic carbocycles. The summed E-state index contributed by atoms with van der Waals surface area (Å²) in [4.78, 5) is 2.75. The summed E-state index contributed by atoms with van der Waals surface area (Å²) in [5.41, 5.74) is 0. The maximum Gasteiger partial charge on any atom is 0.0247 e. The zero-order chi connectivity index (χ0) is 13.5. The van der Waals surface area contributed by atoms with Crippen LogP contribution in [0.3, 0.4) is 0 Å². The maximum atomic E-state index is 3.76. The summed E-state index contributed by atoms with van der Waals surface area (Å²) < 4.78 is 0. The minimum absolute atomic E-state index is 0.678. The lowest BCUT2D eigenvalue weighted by atomic mass is 9.92. The Hall–Kier alpha value is 0.270. The van der Waals surface area contributed by atoms with Crippen molar-refractivity contribution in [2.75, 3.05) is 31.1 Å². The van der Waals surface area contributed by atoms with Crippen molar-refractivity contribution in [3.8, 4) is 0 Å². The van der Waals surface area contributed by atoms with E-state index in [9.17, 15) is 0 Å². The predicted octanol–water partition coefficient (Wildman–Crippen LogP) is 3.08. The standard InChI is InChI=1S/C15H32N2S/c1-6-13(5)15-10-16-14(12(3)4)11-17(15)8-9-18-7-2/h12-16H,6-11H2,1-5H3. The fourth-order valence-corrected chi connectivity index (χ4v) is 3.37. The van der Waals surface area contributed by atoms with Gasteiger partial charge in [0.05, 0.1) is 0 Å². The summed E-state index contributed by atoms with van der Waals surface area (Å²) in [5.74, 6) is 4.07. The lowest BCUT2D eigenvalue weighted by Gasteiger charge is -2.44. The average Bonchev–Trinajstić information content (AvgIpc) is 2.38. The van der Waals surface area contributed by atoms with Gasteiger partial charge in [-0.05, 0) is 17.6 Å². The Morgan fingerprint density at radius 3 is 2.56 bits per heavy atom. The van der Waals surface area contributed by atoms with Gasteiger partial charge in [-0.1, -0.05) is 41.0 Å². The molecule has 1 fully saturated rings. The largest absolute Gasteiger partial charge is 0.311 e. The highest BCUT2D eigenvalue weighted by atomic mass is 32.2. The van der Waals surface area contributed by atoms with Crippen LogP contribution in [0.4, 0.5) is 0 Å². The highest BCUT2D eigenvalue weighted by Crippen LogP contribution is 2.20. The van der Waals surface area contributed by atoms with Gasteiger partial charge in [0.25, 0.3) is 0 Å². The van der Waals surface area contributed by atoms with Crippen molar-refractivity contribution >= 4 is 11.8 Å². The number of hydrogen-bond acceptors (Lipinski definition) is 3. The lowest BCUT2D eigenvalue weighted by molar-refractivity contribution is 0.0853. The molecule has 3 unspecified atom stereocenters. The molecule has 3 atom stereocenters. The molecule has 0 aliphatic carbocycles. The van der Waals surface area contributed by atoms with Crippen LogP contribution in [0.2, 0.25) is 0 Å². The molecular formula is C15H32N2S. The zero-order valence-electron chi connectivity index (χ0n) is 12.9. The summed E-state index contributed by atoms with van der Waals surface area (Å²) >= 11 is 2.07. The molecular weight excluding hydrogens is 240 g/mol. The van der Waals surface area contributed by atoms with E-state index in [-0.39, 0.29) is 0 Å². The van der Waals surface area contributed by atoms with Crippen LogP contribution in [0, 0.1) is 11.8 Å². The van der Waals surface area contributed by atoms with E-state index in [0.717, 1.165) is 17.9 Å². The molecule has 0 bridgehead atoms. The normalized spacial score (nSPS) is 27.7. The average molecular weight is 273 g/mol. The van der Waals surface area contributed by atoms with Gasteiger partial charge in [-0.3, -0.25) is 4.90 Å². The van der Waals surface area contributed by atoms with Gasteiger partial charge in [0.2, 0.25) is 0 Å². The second kappa shape index (κ2) is 8.44. The second-order valence-corrected chi connectivity index (χ2v) is 7.30. The van der Waals surface area contributed by atoms with Gasteiger partial charge in [-0.15, -0.1) is 0 Å². The van der Waals surface area contributed by atoms with Crippen LogP contribution >= 0.6 is 11.8 Å². The third-order valence-corrected chi connectivity index (χ3v) is 5.20. The molecule has 1 rings (SSSR count). The summed E-state index contributed by atoms with van der Waals surface area (Å²) in [6.45, 7) is 15.3. The first-order chi connectivity index (χ1) is 8.60. The van der Waals surface area contributed by atoms with E-state index in [0.29, 0.717) is 6.04 Å². The molecule has 0 radical (unpaired) electrons. The molecule has 0 saturated carbocycles. The van der Waals surface area contributed by atoms with Crippen LogP contribution in [0.25, 0.3) is 0 Å². The Morgan fingerprint density at radius 2 is 2.00 bits per heavy atom. The summed E-state index contributed by atoms with van der Waals surface area (Å²) in [7, 11) is 0. The number of piperazine rings is 1. The summed E-state index contributed by atoms with van der Waals surface area (Å²) in [6, 6.07) is 1.42. The van der Waals surface area contributed by atoms with Crippen LogP contribution in [-0.2, 0) is 0 Å². The molecule has 1 heterocycles. The maximum absolute atomic E-state index is 3.76. The van der Waals surface area contributed by atoms with Gasteiger partial charge in [-0.2, -0.15) is 11.8 Å². The summed E-state index contributed by atoms with van der Waals surface area (Å²) in [6.07, 6.45) is 1.29. The Bertz CT molecular complexity index is 221. The fourth-order valence-electron chi connectivity index (χ4n) is 2.72. The van der Waals surface area contributed by atoms with E-state index in [1.165, 1.54) is 37.6 Å². The number of hydrogen-bond donors (Lipinski definition) is 1. The molecule has 108 valence electrons. The zero-order valence-corrected chi connectivity index (χ0v) is 13.7. The third-order valence-electron chi connectivity index (χ3n) is 4.32. The molecule has 0 spiro atoms. The molecule has 18 heavy (non-hydrogen) atoms. The van der Waals surface area contributed by atoms with Crippen molar-refractivity contribution in [2.45, 2.75) is 53.1 Å². The van der Waals surface area contributed by atoms with Crippen molar-refractivity contribution in [3.05, 3.63) is 0 Å². The Kier molecular flexibility index (Phi) is 7.66. The molecule has 0 aromatic rings. The minimum atomic E-state index is 0.678. The number of thioether (sulfide) groups is 1. The molecule has 1 aliphatic rings. The summed E-state index contributed by atoms with van der Waals surface area (Å²) in [5, 5.41) is 3.76. The fraction of sp³-hybridized carbons (Fsp3) is 1.00. The van der Waals surface area contributed by atoms with E-state index in [2.05, 4.69) is 56.6 Å². The quantitative estimate of drug-likeness (QED) is 0.717. The molecule has 0 aromatic heterocycles. The molecule has 1 saturated heterocycles. The lowest BCUT2D eigenvalue weighted by Crippen LogP contribution is -2.60. The Balaban J connectivity index is 2.55. The number of nitrogens with zero attached hydrogens (tertiary/aromatic N) is 1. The van der Waals surface area contributed by atoms with Gasteiger partial charge in [0.15, 0.2) is 0 Å². The number of rotatable bonds is 7. The topological polar surface area (TPSA) is 15.3 Å². The molecule has 1 aliphatic heterocycles. The second-order valence-electron chi connectivity index (χ2n) is 5.90. The van der Waals surface area contributed by atoms with Crippen LogP contribution in [0.1, 0.15) is 41.0 Å². The SMILES string of the molecule is CCSCCN1CC(C(C)C)NCC1C(C)CC. The van der Waals surface area contributed by atoms with Gasteiger partial charge in [0.1, 0.15) is 0 Å². The third kappa shape index (κ3) is 4.75. The van der Waals surface area contributed by atoms with Crippen molar-refractivity contribution < 1.29 is 0 Å². The van der Waals surface area contributed by atoms with Crippen LogP contribution in [-0.4, -0.2) is 48.1 Å². The molecule has 3 heteroatoms. The van der Waals surface area contributed by atoms with E-state index in [1.54, 1.807) is 0 Å². The molecule has 2 nitrogen and oxygen atoms in total. The molecule has 0 amide bonds. The van der Waals surface area contributed by atoms with Gasteiger partial charge < -0.3 is 5.32 Å². The van der Waals surface area contributed by atoms with E-state index in [4.69, 9.17) is 0 Å². The number of nitrogens with one attached hydrogen (secondary N) is 1. The van der Waals surface area contributed by atoms with Gasteiger partial charge in [-0.25, -0.2) is 0 Å². The Labute approximate surface area is 118 Å². The first-order valence-corrected chi connectivity index (χ1v) is 8.80. The first-order valence-electron chi connectivity index (χ1n) is 7.65. The van der Waals surface area contributed by atoms with Crippen molar-refractivity contribution in [2.24, 2.45) is 11.8 Å². The predicted molar refractivity (Wildman–Crippen MR) is 84.4 cm³/mol. The highest BCUT2D eigenvalue weighted by molar-refractivity contribution is 7.99. The Morgan fingerprint density at radius 1 is 1.28 bits per heavy atom. The van der Waals surface area contributed by atoms with E-state index < -0.39 is 0 Å². The molecule has 1 N–H and O–H groups in total. The first kappa shape index (κ1) is 16.3. The van der Waals surface area contributed by atoms with E-state index >= 15 is 0 Å². The van der Waals surface area contributed by atoms with Crippen molar-refractivity contribution in [1.82, 2.24) is 10.2 Å². The van der Waals surface area contributed by atoms with Crippen LogP contribution < -0.4 is 5.32 Å². The van der Waals surface area contributed by atoms with Gasteiger partial charge >= 0.3 is 0 Å². The minimum Gasteiger partial charge on any atom is -0.311 e. The van der Waals surface area contributed by atoms with Crippen molar-refractivity contribution in [3.63, 3.8) is 0 Å². The van der Waals surface area contributed by atoms with Crippen molar-refractivity contribution in [1.29, 1.82) is 0 Å². The van der Waals surface area contributed by atoms with Gasteiger partial charge in [0, 0.05) is 37.5 Å². The monoisotopic (exact) mass is 272 g/mol. The van der Waals surface area contributed by atoms with E-state index in [1.807, 2.05) is 0 Å².